The first kappa shape index (κ1) is 31.3. The Morgan fingerprint density at radius 1 is 1.00 bits per heavy atom. The molecule has 0 bridgehead atoms. The lowest BCUT2D eigenvalue weighted by Gasteiger charge is -2.33. The second-order valence-electron chi connectivity index (χ2n) is 10.2. The Bertz CT molecular complexity index is 1460. The molecule has 0 radical (unpaired) electrons. The molecule has 1 N–H and O–H groups in total. The van der Waals surface area contributed by atoms with E-state index in [1.807, 2.05) is 6.92 Å². The van der Waals surface area contributed by atoms with Gasteiger partial charge in [0, 0.05) is 17.6 Å². The quantitative estimate of drug-likeness (QED) is 0.288. The van der Waals surface area contributed by atoms with Gasteiger partial charge in [-0.3, -0.25) is 13.9 Å². The number of methoxy groups -OCH3 is 1. The average molecular weight is 616 g/mol. The molecule has 0 spiro atoms. The van der Waals surface area contributed by atoms with Gasteiger partial charge in [0.25, 0.3) is 10.0 Å². The van der Waals surface area contributed by atoms with Crippen LogP contribution in [0.5, 0.6) is 5.75 Å². The van der Waals surface area contributed by atoms with Gasteiger partial charge in [-0.1, -0.05) is 43.5 Å². The maximum atomic E-state index is 14.1. The van der Waals surface area contributed by atoms with E-state index in [0.717, 1.165) is 47.7 Å². The topological polar surface area (TPSA) is 96.0 Å². The number of hydrogen-bond acceptors (Lipinski definition) is 5. The number of halogens is 2. The molecule has 8 nitrogen and oxygen atoms in total. The Morgan fingerprint density at radius 3 is 2.19 bits per heavy atom. The summed E-state index contributed by atoms with van der Waals surface area (Å²) in [6.07, 6.45) is 4.15. The highest BCUT2D eigenvalue weighted by atomic mass is 35.5. The second kappa shape index (κ2) is 14.0. The van der Waals surface area contributed by atoms with Crippen molar-refractivity contribution in [3.05, 3.63) is 89.2 Å². The number of benzene rings is 3. The van der Waals surface area contributed by atoms with E-state index in [2.05, 4.69) is 5.32 Å². The third-order valence-electron chi connectivity index (χ3n) is 7.39. The molecular weight excluding hydrogens is 581 g/mol. The molecule has 11 heteroatoms. The molecule has 1 aliphatic rings. The fraction of sp³-hybridized carbons (Fsp3) is 0.355. The van der Waals surface area contributed by atoms with Crippen molar-refractivity contribution in [2.45, 2.75) is 62.6 Å². The van der Waals surface area contributed by atoms with E-state index in [0.29, 0.717) is 17.2 Å². The van der Waals surface area contributed by atoms with Crippen LogP contribution >= 0.6 is 11.6 Å². The molecule has 3 aromatic rings. The van der Waals surface area contributed by atoms with Gasteiger partial charge in [-0.25, -0.2) is 12.8 Å². The van der Waals surface area contributed by atoms with Crippen molar-refractivity contribution in [1.82, 2.24) is 10.2 Å². The van der Waals surface area contributed by atoms with Crippen LogP contribution < -0.4 is 14.4 Å². The lowest BCUT2D eigenvalue weighted by Crippen LogP contribution is -2.53. The van der Waals surface area contributed by atoms with Crippen LogP contribution in [0.2, 0.25) is 5.02 Å². The zero-order valence-electron chi connectivity index (χ0n) is 23.6. The Kier molecular flexibility index (Phi) is 10.5. The summed E-state index contributed by atoms with van der Waals surface area (Å²) in [5, 5.41) is 3.60. The van der Waals surface area contributed by atoms with Gasteiger partial charge in [0.15, 0.2) is 0 Å². The maximum absolute atomic E-state index is 14.1. The molecule has 2 amide bonds. The predicted octanol–water partition coefficient (Wildman–Crippen LogP) is 5.55. The van der Waals surface area contributed by atoms with Crippen LogP contribution in [-0.4, -0.2) is 50.9 Å². The van der Waals surface area contributed by atoms with Crippen LogP contribution in [0.1, 0.15) is 44.6 Å². The molecule has 224 valence electrons. The summed E-state index contributed by atoms with van der Waals surface area (Å²) in [5.74, 6) is -0.949. The number of anilines is 1. The molecule has 42 heavy (non-hydrogen) atoms. The minimum absolute atomic E-state index is 0.0465. The van der Waals surface area contributed by atoms with Crippen molar-refractivity contribution in [2.75, 3.05) is 18.0 Å². The summed E-state index contributed by atoms with van der Waals surface area (Å²) in [6.45, 7) is 1.26. The fourth-order valence-corrected chi connectivity index (χ4v) is 6.62. The first-order valence-electron chi connectivity index (χ1n) is 13.9. The Hall–Kier alpha value is -3.63. The van der Waals surface area contributed by atoms with Gasteiger partial charge in [0.1, 0.15) is 24.2 Å². The van der Waals surface area contributed by atoms with Gasteiger partial charge in [-0.05, 0) is 85.5 Å². The molecule has 3 aromatic carbocycles. The van der Waals surface area contributed by atoms with E-state index < -0.39 is 34.3 Å². The second-order valence-corrected chi connectivity index (χ2v) is 12.5. The van der Waals surface area contributed by atoms with Gasteiger partial charge in [-0.2, -0.15) is 0 Å². The number of ether oxygens (including phenoxy) is 1. The van der Waals surface area contributed by atoms with Crippen LogP contribution in [0.15, 0.2) is 77.7 Å². The van der Waals surface area contributed by atoms with Crippen LogP contribution in [0.25, 0.3) is 0 Å². The Morgan fingerprint density at radius 2 is 1.62 bits per heavy atom. The zero-order chi connectivity index (χ0) is 30.3. The number of nitrogens with one attached hydrogen (secondary N) is 1. The molecular formula is C31H35ClFN3O5S. The highest BCUT2D eigenvalue weighted by molar-refractivity contribution is 7.92. The number of rotatable bonds is 12. The Labute approximate surface area is 251 Å². The number of carbonyl (C=O) groups is 2. The third kappa shape index (κ3) is 7.60. The minimum atomic E-state index is -4.28. The molecule has 4 rings (SSSR count). The van der Waals surface area contributed by atoms with Gasteiger partial charge >= 0.3 is 0 Å². The van der Waals surface area contributed by atoms with E-state index in [1.54, 1.807) is 24.3 Å². The van der Waals surface area contributed by atoms with Crippen LogP contribution in [-0.2, 0) is 26.2 Å². The van der Waals surface area contributed by atoms with Crippen molar-refractivity contribution in [2.24, 2.45) is 0 Å². The van der Waals surface area contributed by atoms with Crippen LogP contribution in [0.4, 0.5) is 10.1 Å². The number of nitrogens with zero attached hydrogens (tertiary/aromatic N) is 2. The number of sulfonamides is 1. The predicted molar refractivity (Wildman–Crippen MR) is 160 cm³/mol. The SMILES string of the molecule is CCC(C(=O)NC1CCCC1)N(Cc1ccc(Cl)cc1)C(=O)CN(c1ccc(F)cc1)S(=O)(=O)c1ccc(OC)cc1. The third-order valence-corrected chi connectivity index (χ3v) is 9.43. The highest BCUT2D eigenvalue weighted by Crippen LogP contribution is 2.27. The molecule has 0 heterocycles. The van der Waals surface area contributed by atoms with Gasteiger partial charge < -0.3 is 15.0 Å². The normalized spacial score (nSPS) is 14.3. The van der Waals surface area contributed by atoms with E-state index >= 15 is 0 Å². The minimum Gasteiger partial charge on any atom is -0.497 e. The summed E-state index contributed by atoms with van der Waals surface area (Å²) in [5.41, 5.74) is 0.835. The van der Waals surface area contributed by atoms with E-state index in [4.69, 9.17) is 16.3 Å². The molecule has 1 saturated carbocycles. The Balaban J connectivity index is 1.70. The van der Waals surface area contributed by atoms with Gasteiger partial charge in [0.2, 0.25) is 11.8 Å². The van der Waals surface area contributed by atoms with E-state index in [9.17, 15) is 22.4 Å². The summed E-state index contributed by atoms with van der Waals surface area (Å²) in [6, 6.07) is 16.7. The molecule has 0 aromatic heterocycles. The van der Waals surface area contributed by atoms with Crippen molar-refractivity contribution in [3.8, 4) is 5.75 Å². The highest BCUT2D eigenvalue weighted by Gasteiger charge is 2.34. The molecule has 0 saturated heterocycles. The van der Waals surface area contributed by atoms with Crippen molar-refractivity contribution < 1.29 is 27.1 Å². The standard InChI is InChI=1S/C31H35ClFN3O5S/c1-3-29(31(38)34-25-6-4-5-7-25)35(20-22-8-10-23(32)11-9-22)30(37)21-36(26-14-12-24(33)13-15-26)42(39,40)28-18-16-27(41-2)17-19-28/h8-19,25,29H,3-7,20-21H2,1-2H3,(H,34,38). The number of carbonyl (C=O) groups excluding carboxylic acids is 2. The number of hydrogen-bond donors (Lipinski definition) is 1. The largest absolute Gasteiger partial charge is 0.497 e. The average Bonchev–Trinajstić information content (AvgIpc) is 3.50. The monoisotopic (exact) mass is 615 g/mol. The zero-order valence-corrected chi connectivity index (χ0v) is 25.2. The van der Waals surface area contributed by atoms with Crippen molar-refractivity contribution in [3.63, 3.8) is 0 Å². The smallest absolute Gasteiger partial charge is 0.264 e. The van der Waals surface area contributed by atoms with Crippen LogP contribution in [0.3, 0.4) is 0 Å². The van der Waals surface area contributed by atoms with E-state index in [-0.39, 0.29) is 29.1 Å². The van der Waals surface area contributed by atoms with Crippen LogP contribution in [0, 0.1) is 5.82 Å². The molecule has 0 aliphatic heterocycles. The summed E-state index contributed by atoms with van der Waals surface area (Å²) < 4.78 is 47.7. The molecule has 1 atom stereocenters. The van der Waals surface area contributed by atoms with Gasteiger partial charge in [-0.15, -0.1) is 0 Å². The summed E-state index contributed by atoms with van der Waals surface area (Å²) >= 11 is 6.07. The first-order chi connectivity index (χ1) is 20.1. The summed E-state index contributed by atoms with van der Waals surface area (Å²) in [7, 11) is -2.81. The first-order valence-corrected chi connectivity index (χ1v) is 15.7. The fourth-order valence-electron chi connectivity index (χ4n) is 5.08. The molecule has 1 aliphatic carbocycles. The summed E-state index contributed by atoms with van der Waals surface area (Å²) in [4.78, 5) is 28.9. The maximum Gasteiger partial charge on any atom is 0.264 e. The van der Waals surface area contributed by atoms with Crippen molar-refractivity contribution >= 4 is 39.1 Å². The van der Waals surface area contributed by atoms with Crippen molar-refractivity contribution in [1.29, 1.82) is 0 Å². The molecule has 1 fully saturated rings. The number of amides is 2. The molecule has 1 unspecified atom stereocenters. The van der Waals surface area contributed by atoms with E-state index in [1.165, 1.54) is 48.4 Å². The lowest BCUT2D eigenvalue weighted by atomic mass is 10.1. The lowest BCUT2D eigenvalue weighted by molar-refractivity contribution is -0.140. The van der Waals surface area contributed by atoms with Gasteiger partial charge in [0.05, 0.1) is 17.7 Å².